The van der Waals surface area contributed by atoms with Crippen LogP contribution in [0.4, 0.5) is 0 Å². The van der Waals surface area contributed by atoms with E-state index in [4.69, 9.17) is 18.9 Å². The Hall–Kier alpha value is -1.000. The summed E-state index contributed by atoms with van der Waals surface area (Å²) in [6.07, 6.45) is -1.75. The van der Waals surface area contributed by atoms with Crippen LogP contribution in [-0.4, -0.2) is 37.2 Å². The largest absolute Gasteiger partial charge is 0.456 e. The zero-order valence-electron chi connectivity index (χ0n) is 18.1. The first-order valence-electron chi connectivity index (χ1n) is 10.2. The summed E-state index contributed by atoms with van der Waals surface area (Å²) >= 11 is 5.90. The maximum absolute atomic E-state index is 12.6. The van der Waals surface area contributed by atoms with Crippen LogP contribution < -0.4 is 0 Å². The van der Waals surface area contributed by atoms with Gasteiger partial charge in [-0.1, -0.05) is 51.1 Å². The molecule has 1 heterocycles. The lowest BCUT2D eigenvalue weighted by atomic mass is 9.94. The van der Waals surface area contributed by atoms with Crippen molar-refractivity contribution in [2.75, 3.05) is 6.61 Å². The number of ether oxygens (including phenoxy) is 4. The summed E-state index contributed by atoms with van der Waals surface area (Å²) in [4.78, 5) is 12.6. The minimum Gasteiger partial charge on any atom is -0.456 e. The lowest BCUT2D eigenvalue weighted by Gasteiger charge is -2.43. The molecule has 0 amide bonds. The molecule has 1 fully saturated rings. The number of esters is 1. The van der Waals surface area contributed by atoms with E-state index in [-0.39, 0.29) is 17.5 Å². The molecular formula is C24H28BrIO5. The van der Waals surface area contributed by atoms with Crippen LogP contribution in [0.3, 0.4) is 0 Å². The summed E-state index contributed by atoms with van der Waals surface area (Å²) in [5.74, 6) is -0.380. The van der Waals surface area contributed by atoms with Crippen molar-refractivity contribution >= 4 is 44.5 Å². The zero-order valence-corrected chi connectivity index (χ0v) is 21.9. The molecule has 4 atom stereocenters. The Bertz CT molecular complexity index is 883. The standard InChI is InChI=1S/C24H28BrIO5/c1-15(30-22(27)16-9-6-5-7-10-16)21-19(14-29-23(31-21)24(2,3)4)28-13-17-11-8-12-18(26)20(17)25/h5-12,15,19,21,23H,13-14H2,1-4H3/t15?,19-,21+,23-/m0/s1. The summed E-state index contributed by atoms with van der Waals surface area (Å²) in [7, 11) is 0. The Morgan fingerprint density at radius 3 is 2.58 bits per heavy atom. The molecule has 1 unspecified atom stereocenters. The first-order chi connectivity index (χ1) is 14.7. The van der Waals surface area contributed by atoms with Crippen molar-refractivity contribution in [3.05, 3.63) is 67.7 Å². The van der Waals surface area contributed by atoms with Gasteiger partial charge in [0.2, 0.25) is 0 Å². The Morgan fingerprint density at radius 2 is 1.90 bits per heavy atom. The van der Waals surface area contributed by atoms with Gasteiger partial charge < -0.3 is 18.9 Å². The number of carbonyl (C=O) groups is 1. The van der Waals surface area contributed by atoms with Crippen LogP contribution in [0, 0.1) is 8.99 Å². The van der Waals surface area contributed by atoms with Crippen molar-refractivity contribution in [2.24, 2.45) is 5.41 Å². The molecule has 0 N–H and O–H groups in total. The molecule has 0 saturated carbocycles. The number of hydrogen-bond donors (Lipinski definition) is 0. The molecule has 0 aliphatic carbocycles. The minimum absolute atomic E-state index is 0.217. The van der Waals surface area contributed by atoms with Crippen LogP contribution >= 0.6 is 38.5 Å². The molecule has 3 rings (SSSR count). The maximum atomic E-state index is 12.6. The average Bonchev–Trinajstić information content (AvgIpc) is 2.74. The fourth-order valence-corrected chi connectivity index (χ4v) is 4.22. The summed E-state index contributed by atoms with van der Waals surface area (Å²) < 4.78 is 26.3. The fraction of sp³-hybridized carbons (Fsp3) is 0.458. The number of hydrogen-bond acceptors (Lipinski definition) is 5. The highest BCUT2D eigenvalue weighted by molar-refractivity contribution is 14.1. The molecule has 2 aromatic rings. The maximum Gasteiger partial charge on any atom is 0.338 e. The molecule has 1 aliphatic rings. The number of halogens is 2. The van der Waals surface area contributed by atoms with E-state index in [1.54, 1.807) is 12.1 Å². The second kappa shape index (κ2) is 10.7. The van der Waals surface area contributed by atoms with Crippen molar-refractivity contribution in [3.63, 3.8) is 0 Å². The molecule has 0 spiro atoms. The molecule has 7 heteroatoms. The molecular weight excluding hydrogens is 575 g/mol. The Kier molecular flexibility index (Phi) is 8.54. The van der Waals surface area contributed by atoms with Crippen LogP contribution in [0.15, 0.2) is 53.0 Å². The van der Waals surface area contributed by atoms with E-state index in [0.29, 0.717) is 18.8 Å². The van der Waals surface area contributed by atoms with Gasteiger partial charge in [0.25, 0.3) is 0 Å². The fourth-order valence-electron chi connectivity index (χ4n) is 3.29. The monoisotopic (exact) mass is 602 g/mol. The third-order valence-corrected chi connectivity index (χ3v) is 7.59. The summed E-state index contributed by atoms with van der Waals surface area (Å²) in [6, 6.07) is 15.0. The van der Waals surface area contributed by atoms with Crippen LogP contribution in [0.2, 0.25) is 0 Å². The third-order valence-electron chi connectivity index (χ3n) is 5.02. The highest BCUT2D eigenvalue weighted by Gasteiger charge is 2.42. The lowest BCUT2D eigenvalue weighted by Crippen LogP contribution is -2.54. The van der Waals surface area contributed by atoms with Crippen molar-refractivity contribution in [1.29, 1.82) is 0 Å². The van der Waals surface area contributed by atoms with Crippen molar-refractivity contribution in [1.82, 2.24) is 0 Å². The minimum atomic E-state index is -0.509. The van der Waals surface area contributed by atoms with Gasteiger partial charge in [0.05, 0.1) is 18.8 Å². The molecule has 1 saturated heterocycles. The highest BCUT2D eigenvalue weighted by Crippen LogP contribution is 2.32. The number of rotatable bonds is 6. The van der Waals surface area contributed by atoms with E-state index in [1.807, 2.05) is 43.3 Å². The Morgan fingerprint density at radius 1 is 1.19 bits per heavy atom. The predicted molar refractivity (Wildman–Crippen MR) is 131 cm³/mol. The molecule has 0 radical (unpaired) electrons. The molecule has 168 valence electrons. The van der Waals surface area contributed by atoms with Gasteiger partial charge in [-0.2, -0.15) is 0 Å². The highest BCUT2D eigenvalue weighted by atomic mass is 127. The molecule has 31 heavy (non-hydrogen) atoms. The van der Waals surface area contributed by atoms with E-state index in [9.17, 15) is 4.79 Å². The lowest BCUT2D eigenvalue weighted by molar-refractivity contribution is -0.306. The topological polar surface area (TPSA) is 54.0 Å². The Balaban J connectivity index is 1.73. The second-order valence-electron chi connectivity index (χ2n) is 8.67. The predicted octanol–water partition coefficient (Wildman–Crippen LogP) is 5.97. The number of benzene rings is 2. The van der Waals surface area contributed by atoms with Crippen LogP contribution in [0.25, 0.3) is 0 Å². The van der Waals surface area contributed by atoms with Crippen LogP contribution in [0.1, 0.15) is 43.6 Å². The summed E-state index contributed by atoms with van der Waals surface area (Å²) in [5, 5.41) is 0. The van der Waals surface area contributed by atoms with Gasteiger partial charge in [0.1, 0.15) is 18.3 Å². The molecule has 0 aromatic heterocycles. The van der Waals surface area contributed by atoms with Gasteiger partial charge in [-0.05, 0) is 69.2 Å². The van der Waals surface area contributed by atoms with Crippen LogP contribution in [0.5, 0.6) is 0 Å². The van der Waals surface area contributed by atoms with Crippen molar-refractivity contribution < 1.29 is 23.7 Å². The van der Waals surface area contributed by atoms with Gasteiger partial charge in [-0.25, -0.2) is 4.79 Å². The van der Waals surface area contributed by atoms with E-state index >= 15 is 0 Å². The number of carbonyl (C=O) groups excluding carboxylic acids is 1. The van der Waals surface area contributed by atoms with E-state index in [1.165, 1.54) is 0 Å². The van der Waals surface area contributed by atoms with Gasteiger partial charge in [-0.15, -0.1) is 0 Å². The first kappa shape index (κ1) is 24.6. The van der Waals surface area contributed by atoms with Crippen molar-refractivity contribution in [3.8, 4) is 0 Å². The second-order valence-corrected chi connectivity index (χ2v) is 10.6. The van der Waals surface area contributed by atoms with Gasteiger partial charge in [-0.3, -0.25) is 0 Å². The molecule has 2 aromatic carbocycles. The van der Waals surface area contributed by atoms with E-state index in [0.717, 1.165) is 13.6 Å². The van der Waals surface area contributed by atoms with Crippen molar-refractivity contribution in [2.45, 2.75) is 58.9 Å². The molecule has 0 bridgehead atoms. The Labute approximate surface area is 206 Å². The molecule has 5 nitrogen and oxygen atoms in total. The SMILES string of the molecule is CC(OC(=O)c1ccccc1)[C@H]1O[C@@H](C(C)(C)C)OC[C@@H]1OCc1cccc(I)c1Br. The summed E-state index contributed by atoms with van der Waals surface area (Å²) in [5.41, 5.74) is 1.33. The average molecular weight is 603 g/mol. The van der Waals surface area contributed by atoms with Crippen LogP contribution in [-0.2, 0) is 25.6 Å². The van der Waals surface area contributed by atoms with E-state index in [2.05, 4.69) is 59.3 Å². The van der Waals surface area contributed by atoms with Gasteiger partial charge >= 0.3 is 5.97 Å². The first-order valence-corrected chi connectivity index (χ1v) is 12.1. The normalized spacial score (nSPS) is 22.7. The van der Waals surface area contributed by atoms with Gasteiger partial charge in [0, 0.05) is 13.5 Å². The smallest absolute Gasteiger partial charge is 0.338 e. The van der Waals surface area contributed by atoms with Gasteiger partial charge in [0.15, 0.2) is 6.29 Å². The molecule has 1 aliphatic heterocycles. The zero-order chi connectivity index (χ0) is 22.6. The quantitative estimate of drug-likeness (QED) is 0.301. The summed E-state index contributed by atoms with van der Waals surface area (Å²) in [6.45, 7) is 8.76. The van der Waals surface area contributed by atoms with E-state index < -0.39 is 18.5 Å². The third kappa shape index (κ3) is 6.51.